The van der Waals surface area contributed by atoms with Gasteiger partial charge in [-0.2, -0.15) is 0 Å². The van der Waals surface area contributed by atoms with Gasteiger partial charge in [0.1, 0.15) is 0 Å². The number of aliphatic hydroxyl groups excluding tert-OH is 2. The quantitative estimate of drug-likeness (QED) is 0.0388. The number of carbonyl (C=O) groups excluding carboxylic acids is 1. The number of hydrogen-bond acceptors (Lipinski definition) is 7. The summed E-state index contributed by atoms with van der Waals surface area (Å²) in [6, 6.07) is 0. The largest absolute Gasteiger partial charge is 0.390 e. The molecule has 0 radical (unpaired) electrons. The standard InChI is InChI=1S/C51H107N5O3/c1-4-7-10-13-16-19-21-23-25-28-31-34-41-55(47-49(57)45-52)43-36-37-44-56(42-35-32-29-26-24-22-20-17-14-11-8-5-2)48-50(58)46-53-40-38-51(59)54-39-33-30-27-18-15-12-9-6-3/h49-50,53,57-58H,4-48,52H2,1-3H3,(H,54,59). The van der Waals surface area contributed by atoms with Crippen LogP contribution in [0.15, 0.2) is 0 Å². The fourth-order valence-electron chi connectivity index (χ4n) is 8.39. The van der Waals surface area contributed by atoms with Crippen LogP contribution in [0.3, 0.4) is 0 Å². The minimum Gasteiger partial charge on any atom is -0.390 e. The number of nitrogens with zero attached hydrogens (tertiary/aromatic N) is 2. The van der Waals surface area contributed by atoms with Crippen LogP contribution < -0.4 is 16.4 Å². The summed E-state index contributed by atoms with van der Waals surface area (Å²) in [7, 11) is 0. The number of unbranched alkanes of at least 4 members (excludes halogenated alkanes) is 30. The lowest BCUT2D eigenvalue weighted by molar-refractivity contribution is -0.121. The zero-order valence-electron chi connectivity index (χ0n) is 40.2. The zero-order valence-corrected chi connectivity index (χ0v) is 40.2. The van der Waals surface area contributed by atoms with Crippen LogP contribution in [0.1, 0.15) is 245 Å². The third-order valence-corrected chi connectivity index (χ3v) is 12.3. The maximum Gasteiger partial charge on any atom is 0.221 e. The number of rotatable bonds is 50. The molecule has 0 spiro atoms. The van der Waals surface area contributed by atoms with E-state index < -0.39 is 12.2 Å². The second kappa shape index (κ2) is 48.3. The molecule has 6 N–H and O–H groups in total. The van der Waals surface area contributed by atoms with Gasteiger partial charge < -0.3 is 36.4 Å². The van der Waals surface area contributed by atoms with Crippen molar-refractivity contribution in [1.29, 1.82) is 0 Å². The summed E-state index contributed by atoms with van der Waals surface area (Å²) in [6.45, 7) is 14.4. The van der Waals surface area contributed by atoms with E-state index in [-0.39, 0.29) is 5.91 Å². The molecule has 0 bridgehead atoms. The minimum absolute atomic E-state index is 0.107. The summed E-state index contributed by atoms with van der Waals surface area (Å²) in [5.41, 5.74) is 5.82. The molecule has 0 aromatic carbocycles. The van der Waals surface area contributed by atoms with Crippen LogP contribution in [0.4, 0.5) is 0 Å². The average Bonchev–Trinajstić information content (AvgIpc) is 3.23. The lowest BCUT2D eigenvalue weighted by atomic mass is 10.1. The molecule has 0 aromatic rings. The van der Waals surface area contributed by atoms with Gasteiger partial charge in [-0.1, -0.05) is 207 Å². The summed E-state index contributed by atoms with van der Waals surface area (Å²) in [4.78, 5) is 17.3. The Balaban J connectivity index is 4.58. The Morgan fingerprint density at radius 3 is 1.10 bits per heavy atom. The number of amides is 1. The molecule has 0 aliphatic heterocycles. The number of aliphatic hydroxyl groups is 2. The Hall–Kier alpha value is -0.770. The first kappa shape index (κ1) is 58.2. The lowest BCUT2D eigenvalue weighted by Gasteiger charge is -2.27. The van der Waals surface area contributed by atoms with Gasteiger partial charge in [0.05, 0.1) is 12.2 Å². The van der Waals surface area contributed by atoms with E-state index in [1.54, 1.807) is 0 Å². The van der Waals surface area contributed by atoms with Crippen LogP contribution in [0.5, 0.6) is 0 Å². The molecule has 0 fully saturated rings. The van der Waals surface area contributed by atoms with Crippen molar-refractivity contribution in [3.8, 4) is 0 Å². The van der Waals surface area contributed by atoms with E-state index >= 15 is 0 Å². The molecular formula is C51H107N5O3. The van der Waals surface area contributed by atoms with Crippen LogP contribution in [0.25, 0.3) is 0 Å². The second-order valence-corrected chi connectivity index (χ2v) is 18.4. The molecule has 0 aromatic heterocycles. The molecule has 8 nitrogen and oxygen atoms in total. The van der Waals surface area contributed by atoms with E-state index in [9.17, 15) is 15.0 Å². The fraction of sp³-hybridized carbons (Fsp3) is 0.980. The fourth-order valence-corrected chi connectivity index (χ4v) is 8.39. The van der Waals surface area contributed by atoms with Gasteiger partial charge in [0.15, 0.2) is 0 Å². The van der Waals surface area contributed by atoms with E-state index in [1.807, 2.05) is 0 Å². The molecule has 59 heavy (non-hydrogen) atoms. The molecule has 354 valence electrons. The summed E-state index contributed by atoms with van der Waals surface area (Å²) in [5, 5.41) is 27.8. The highest BCUT2D eigenvalue weighted by Crippen LogP contribution is 2.15. The summed E-state index contributed by atoms with van der Waals surface area (Å²) in [5.74, 6) is 0.107. The summed E-state index contributed by atoms with van der Waals surface area (Å²) < 4.78 is 0. The molecule has 8 heteroatoms. The highest BCUT2D eigenvalue weighted by molar-refractivity contribution is 5.75. The molecule has 0 aliphatic rings. The normalized spacial score (nSPS) is 12.9. The maximum absolute atomic E-state index is 12.4. The minimum atomic E-state index is -0.460. The van der Waals surface area contributed by atoms with Crippen molar-refractivity contribution in [3.05, 3.63) is 0 Å². The van der Waals surface area contributed by atoms with Gasteiger partial charge in [0.25, 0.3) is 0 Å². The Kier molecular flexibility index (Phi) is 47.6. The van der Waals surface area contributed by atoms with Gasteiger partial charge in [-0.05, 0) is 58.3 Å². The molecule has 0 saturated carbocycles. The average molecular weight is 838 g/mol. The van der Waals surface area contributed by atoms with Crippen molar-refractivity contribution >= 4 is 5.91 Å². The van der Waals surface area contributed by atoms with Crippen molar-refractivity contribution < 1.29 is 15.0 Å². The Bertz CT molecular complexity index is 820. The highest BCUT2D eigenvalue weighted by Gasteiger charge is 2.14. The van der Waals surface area contributed by atoms with E-state index in [4.69, 9.17) is 5.73 Å². The predicted molar refractivity (Wildman–Crippen MR) is 258 cm³/mol. The third kappa shape index (κ3) is 45.1. The monoisotopic (exact) mass is 838 g/mol. The van der Waals surface area contributed by atoms with Crippen LogP contribution in [0.2, 0.25) is 0 Å². The van der Waals surface area contributed by atoms with Crippen molar-refractivity contribution in [3.63, 3.8) is 0 Å². The first-order chi connectivity index (χ1) is 29.0. The SMILES string of the molecule is CCCCCCCCCCCCCCN(CCCCN(CCCCCCCCCCCCCC)CC(O)CNCCC(=O)NCCCCCCCCCC)CC(O)CN. The first-order valence-corrected chi connectivity index (χ1v) is 26.4. The molecular weight excluding hydrogens is 731 g/mol. The number of nitrogens with two attached hydrogens (primary N) is 1. The Labute approximate surface area is 369 Å². The van der Waals surface area contributed by atoms with E-state index in [2.05, 4.69) is 41.2 Å². The van der Waals surface area contributed by atoms with E-state index in [0.717, 1.165) is 52.0 Å². The lowest BCUT2D eigenvalue weighted by Crippen LogP contribution is -2.40. The number of carbonyl (C=O) groups is 1. The third-order valence-electron chi connectivity index (χ3n) is 12.3. The Morgan fingerprint density at radius 2 is 0.746 bits per heavy atom. The highest BCUT2D eigenvalue weighted by atomic mass is 16.3. The van der Waals surface area contributed by atoms with Gasteiger partial charge in [-0.15, -0.1) is 0 Å². The van der Waals surface area contributed by atoms with Crippen molar-refractivity contribution in [2.75, 3.05) is 65.4 Å². The van der Waals surface area contributed by atoms with Gasteiger partial charge >= 0.3 is 0 Å². The van der Waals surface area contributed by atoms with Crippen LogP contribution in [-0.4, -0.2) is 104 Å². The van der Waals surface area contributed by atoms with E-state index in [0.29, 0.717) is 39.1 Å². The van der Waals surface area contributed by atoms with Crippen LogP contribution in [0, 0.1) is 0 Å². The number of nitrogens with one attached hydrogen (secondary N) is 2. The molecule has 0 saturated heterocycles. The molecule has 2 unspecified atom stereocenters. The predicted octanol–water partition coefficient (Wildman–Crippen LogP) is 11.7. The van der Waals surface area contributed by atoms with Crippen molar-refractivity contribution in [2.45, 2.75) is 258 Å². The van der Waals surface area contributed by atoms with Gasteiger partial charge in [0, 0.05) is 45.7 Å². The van der Waals surface area contributed by atoms with Crippen LogP contribution >= 0.6 is 0 Å². The van der Waals surface area contributed by atoms with Gasteiger partial charge in [-0.3, -0.25) is 4.79 Å². The number of hydrogen-bond donors (Lipinski definition) is 5. The Morgan fingerprint density at radius 1 is 0.441 bits per heavy atom. The van der Waals surface area contributed by atoms with Crippen LogP contribution in [-0.2, 0) is 4.79 Å². The van der Waals surface area contributed by atoms with Crippen molar-refractivity contribution in [1.82, 2.24) is 20.4 Å². The van der Waals surface area contributed by atoms with Crippen molar-refractivity contribution in [2.24, 2.45) is 5.73 Å². The van der Waals surface area contributed by atoms with E-state index in [1.165, 1.54) is 199 Å². The van der Waals surface area contributed by atoms with Gasteiger partial charge in [-0.25, -0.2) is 0 Å². The second-order valence-electron chi connectivity index (χ2n) is 18.4. The smallest absolute Gasteiger partial charge is 0.221 e. The first-order valence-electron chi connectivity index (χ1n) is 26.4. The zero-order chi connectivity index (χ0) is 43.1. The summed E-state index contributed by atoms with van der Waals surface area (Å²) in [6.07, 6.45) is 44.4. The van der Waals surface area contributed by atoms with Gasteiger partial charge in [0.2, 0.25) is 5.91 Å². The maximum atomic E-state index is 12.4. The molecule has 0 rings (SSSR count). The topological polar surface area (TPSA) is 114 Å². The molecule has 2 atom stereocenters. The molecule has 0 heterocycles. The molecule has 0 aliphatic carbocycles. The summed E-state index contributed by atoms with van der Waals surface area (Å²) >= 11 is 0. The molecule has 1 amide bonds.